The molecule has 0 fully saturated rings. The lowest BCUT2D eigenvalue weighted by Crippen LogP contribution is -2.14. The van der Waals surface area contributed by atoms with Crippen LogP contribution < -0.4 is 10.5 Å². The van der Waals surface area contributed by atoms with Crippen molar-refractivity contribution in [3.8, 4) is 0 Å². The second-order valence-electron chi connectivity index (χ2n) is 3.49. The van der Waals surface area contributed by atoms with E-state index in [4.69, 9.17) is 9.88 Å². The number of nitro groups is 1. The molecule has 0 heterocycles. The fraction of sp³-hybridized carbons (Fsp3) is 0.400. The van der Waals surface area contributed by atoms with Gasteiger partial charge in [0.2, 0.25) is 0 Å². The van der Waals surface area contributed by atoms with Crippen LogP contribution in [0.5, 0.6) is 0 Å². The average molecular weight is 305 g/mol. The zero-order valence-electron chi connectivity index (χ0n) is 10.5. The molecular formula is C10H15N3O4S2. The van der Waals surface area contributed by atoms with Gasteiger partial charge in [-0.05, 0) is 6.26 Å². The normalized spacial score (nSPS) is 12.2. The van der Waals surface area contributed by atoms with Gasteiger partial charge in [-0.3, -0.25) is 10.1 Å². The lowest BCUT2D eigenvalue weighted by Gasteiger charge is -2.12. The molecule has 3 N–H and O–H groups in total. The molecule has 106 valence electrons. The number of methoxy groups -OCH3 is 1. The summed E-state index contributed by atoms with van der Waals surface area (Å²) >= 11 is -0.435. The first-order chi connectivity index (χ1) is 9.01. The standard InChI is InChI=1S/C10H15N3O4S2/c1-17-4-3-12-10-8(13(14)15)5-7(19(11)16)6-9(10)18-2/h5-6,12H,3-4,11H2,1-2H3. The second kappa shape index (κ2) is 7.56. The van der Waals surface area contributed by atoms with Gasteiger partial charge in [-0.2, -0.15) is 0 Å². The van der Waals surface area contributed by atoms with E-state index >= 15 is 0 Å². The average Bonchev–Trinajstić information content (AvgIpc) is 2.38. The number of hydrogen-bond donors (Lipinski definition) is 2. The third kappa shape index (κ3) is 4.25. The number of hydrogen-bond acceptors (Lipinski definition) is 7. The minimum atomic E-state index is -1.75. The van der Waals surface area contributed by atoms with Crippen LogP contribution in [0.2, 0.25) is 0 Å². The smallest absolute Gasteiger partial charge is 0.298 e. The SMILES string of the molecule is COCCNc1c(SC)cc([S+](N)[O-])cc1[N+](=O)[O-]. The number of nitrogens with two attached hydrogens (primary N) is 1. The summed E-state index contributed by atoms with van der Waals surface area (Å²) in [5.41, 5.74) is 0.250. The van der Waals surface area contributed by atoms with Gasteiger partial charge in [0.15, 0.2) is 4.90 Å². The first kappa shape index (κ1) is 16.1. The Morgan fingerprint density at radius 3 is 2.74 bits per heavy atom. The van der Waals surface area contributed by atoms with Crippen LogP contribution in [-0.4, -0.2) is 36.0 Å². The fourth-order valence-corrected chi connectivity index (χ4v) is 2.62. The van der Waals surface area contributed by atoms with E-state index in [-0.39, 0.29) is 10.6 Å². The quantitative estimate of drug-likeness (QED) is 0.257. The Hall–Kier alpha value is -1.00. The highest BCUT2D eigenvalue weighted by Crippen LogP contribution is 2.36. The number of nitrogens with one attached hydrogen (secondary N) is 1. The van der Waals surface area contributed by atoms with Gasteiger partial charge < -0.3 is 14.6 Å². The lowest BCUT2D eigenvalue weighted by atomic mass is 10.2. The summed E-state index contributed by atoms with van der Waals surface area (Å²) in [7, 11) is 1.55. The highest BCUT2D eigenvalue weighted by molar-refractivity contribution is 7.98. The van der Waals surface area contributed by atoms with Crippen LogP contribution in [0.15, 0.2) is 21.9 Å². The Balaban J connectivity index is 3.20. The maximum absolute atomic E-state index is 11.3. The maximum Gasteiger partial charge on any atom is 0.298 e. The summed E-state index contributed by atoms with van der Waals surface area (Å²) in [5.74, 6) is 0. The predicted octanol–water partition coefficient (Wildman–Crippen LogP) is 1.36. The maximum atomic E-state index is 11.3. The molecule has 1 aromatic carbocycles. The molecule has 1 aromatic rings. The summed E-state index contributed by atoms with van der Waals surface area (Å²) in [6, 6.07) is 2.81. The van der Waals surface area contributed by atoms with E-state index in [0.29, 0.717) is 23.7 Å². The first-order valence-corrected chi connectivity index (χ1v) is 7.70. The van der Waals surface area contributed by atoms with Crippen molar-refractivity contribution in [3.05, 3.63) is 22.2 Å². The summed E-state index contributed by atoms with van der Waals surface area (Å²) in [6.45, 7) is 0.867. The van der Waals surface area contributed by atoms with Crippen LogP contribution in [0, 0.1) is 10.1 Å². The van der Waals surface area contributed by atoms with Crippen molar-refractivity contribution >= 4 is 34.5 Å². The Morgan fingerprint density at radius 2 is 2.26 bits per heavy atom. The summed E-state index contributed by atoms with van der Waals surface area (Å²) in [6.07, 6.45) is 1.78. The van der Waals surface area contributed by atoms with E-state index in [2.05, 4.69) is 5.32 Å². The predicted molar refractivity (Wildman–Crippen MR) is 75.8 cm³/mol. The van der Waals surface area contributed by atoms with Gasteiger partial charge in [0, 0.05) is 24.6 Å². The minimum absolute atomic E-state index is 0.142. The van der Waals surface area contributed by atoms with E-state index in [1.54, 1.807) is 19.4 Å². The van der Waals surface area contributed by atoms with Gasteiger partial charge >= 0.3 is 0 Å². The largest absolute Gasteiger partial charge is 0.593 e. The van der Waals surface area contributed by atoms with Gasteiger partial charge in [0.25, 0.3) is 5.69 Å². The number of nitro benzene ring substituents is 1. The zero-order valence-corrected chi connectivity index (χ0v) is 12.2. The molecule has 0 aliphatic carbocycles. The van der Waals surface area contributed by atoms with Gasteiger partial charge in [0.1, 0.15) is 5.69 Å². The number of nitrogens with zero attached hydrogens (tertiary/aromatic N) is 1. The third-order valence-corrected chi connectivity index (χ3v) is 3.77. The van der Waals surface area contributed by atoms with Crippen LogP contribution in [0.1, 0.15) is 0 Å². The number of anilines is 1. The molecule has 1 unspecified atom stereocenters. The van der Waals surface area contributed by atoms with E-state index in [0.717, 1.165) is 0 Å². The number of benzene rings is 1. The molecule has 0 aromatic heterocycles. The monoisotopic (exact) mass is 305 g/mol. The summed E-state index contributed by atoms with van der Waals surface area (Å²) in [5, 5.41) is 19.3. The molecule has 0 spiro atoms. The highest BCUT2D eigenvalue weighted by atomic mass is 32.2. The van der Waals surface area contributed by atoms with Gasteiger partial charge in [-0.15, -0.1) is 16.9 Å². The van der Waals surface area contributed by atoms with Crippen molar-refractivity contribution < 1.29 is 14.2 Å². The van der Waals surface area contributed by atoms with Crippen LogP contribution in [0.4, 0.5) is 11.4 Å². The van der Waals surface area contributed by atoms with Crippen molar-refractivity contribution in [2.45, 2.75) is 9.79 Å². The molecular weight excluding hydrogens is 290 g/mol. The van der Waals surface area contributed by atoms with Crippen LogP contribution in [-0.2, 0) is 16.1 Å². The molecule has 0 radical (unpaired) electrons. The Bertz CT molecular complexity index is 457. The van der Waals surface area contributed by atoms with Crippen LogP contribution in [0.3, 0.4) is 0 Å². The third-order valence-electron chi connectivity index (χ3n) is 2.31. The summed E-state index contributed by atoms with van der Waals surface area (Å²) in [4.78, 5) is 11.4. The Morgan fingerprint density at radius 1 is 1.58 bits per heavy atom. The van der Waals surface area contributed by atoms with Crippen molar-refractivity contribution in [2.24, 2.45) is 5.14 Å². The second-order valence-corrected chi connectivity index (χ2v) is 5.41. The van der Waals surface area contributed by atoms with Gasteiger partial charge in [0.05, 0.1) is 29.0 Å². The van der Waals surface area contributed by atoms with E-state index in [9.17, 15) is 14.7 Å². The van der Waals surface area contributed by atoms with E-state index < -0.39 is 16.3 Å². The Kier molecular flexibility index (Phi) is 6.38. The highest BCUT2D eigenvalue weighted by Gasteiger charge is 2.23. The molecule has 0 bridgehead atoms. The molecule has 9 heteroatoms. The molecule has 19 heavy (non-hydrogen) atoms. The van der Waals surface area contributed by atoms with Crippen LogP contribution in [0.25, 0.3) is 0 Å². The summed E-state index contributed by atoms with van der Waals surface area (Å²) < 4.78 is 16.2. The van der Waals surface area contributed by atoms with Crippen molar-refractivity contribution in [1.29, 1.82) is 0 Å². The lowest BCUT2D eigenvalue weighted by molar-refractivity contribution is -0.384. The Labute approximate surface area is 118 Å². The number of rotatable bonds is 7. The van der Waals surface area contributed by atoms with Crippen molar-refractivity contribution in [2.75, 3.05) is 31.8 Å². The molecule has 0 saturated heterocycles. The van der Waals surface area contributed by atoms with E-state index in [1.807, 2.05) is 0 Å². The molecule has 1 atom stereocenters. The molecule has 1 rings (SSSR count). The topological polar surface area (TPSA) is 113 Å². The number of thioether (sulfide) groups is 1. The minimum Gasteiger partial charge on any atom is -0.593 e. The van der Waals surface area contributed by atoms with Crippen molar-refractivity contribution in [3.63, 3.8) is 0 Å². The first-order valence-electron chi connectivity index (χ1n) is 5.26. The van der Waals surface area contributed by atoms with Crippen LogP contribution >= 0.6 is 11.8 Å². The van der Waals surface area contributed by atoms with Crippen molar-refractivity contribution in [1.82, 2.24) is 0 Å². The zero-order chi connectivity index (χ0) is 14.4. The number of ether oxygens (including phenoxy) is 1. The van der Waals surface area contributed by atoms with Gasteiger partial charge in [-0.1, -0.05) is 0 Å². The molecule has 0 amide bonds. The van der Waals surface area contributed by atoms with E-state index in [1.165, 1.54) is 17.8 Å². The molecule has 0 aliphatic rings. The fourth-order valence-electron chi connectivity index (χ4n) is 1.45. The molecule has 0 saturated carbocycles. The molecule has 7 nitrogen and oxygen atoms in total. The van der Waals surface area contributed by atoms with Gasteiger partial charge in [-0.25, -0.2) is 0 Å². The molecule has 0 aliphatic heterocycles.